The van der Waals surface area contributed by atoms with Crippen molar-refractivity contribution in [3.05, 3.63) is 35.4 Å². The number of hydrogen-bond donors (Lipinski definition) is 2. The molecule has 2 N–H and O–H groups in total. The molecule has 0 radical (unpaired) electrons. The molecular formula is C22H29N3O3S. The highest BCUT2D eigenvalue weighted by atomic mass is 32.2. The number of carbonyl (C=O) groups is 3. The Balaban J connectivity index is 1.47. The maximum atomic E-state index is 13.2. The zero-order valence-electron chi connectivity index (χ0n) is 17.0. The number of rotatable bonds is 6. The zero-order valence-corrected chi connectivity index (χ0v) is 17.8. The van der Waals surface area contributed by atoms with Gasteiger partial charge in [0.2, 0.25) is 11.8 Å². The Morgan fingerprint density at radius 1 is 1.24 bits per heavy atom. The lowest BCUT2D eigenvalue weighted by atomic mass is 9.97. The summed E-state index contributed by atoms with van der Waals surface area (Å²) in [5, 5.41) is 6.00. The fourth-order valence-electron chi connectivity index (χ4n) is 4.55. The van der Waals surface area contributed by atoms with Crippen molar-refractivity contribution in [3.8, 4) is 0 Å². The molecule has 1 aliphatic carbocycles. The van der Waals surface area contributed by atoms with Crippen LogP contribution < -0.4 is 10.6 Å². The molecule has 1 aromatic rings. The summed E-state index contributed by atoms with van der Waals surface area (Å²) in [6.45, 7) is 4.01. The quantitative estimate of drug-likeness (QED) is 0.749. The first-order chi connectivity index (χ1) is 14.0. The first-order valence-corrected chi connectivity index (χ1v) is 11.7. The number of amides is 3. The maximum Gasteiger partial charge on any atom is 0.256 e. The van der Waals surface area contributed by atoms with Crippen LogP contribution in [0.5, 0.6) is 0 Å². The number of fused-ring (bicyclic) bond motifs is 3. The van der Waals surface area contributed by atoms with Crippen LogP contribution in [0.3, 0.4) is 0 Å². The van der Waals surface area contributed by atoms with E-state index in [0.717, 1.165) is 37.7 Å². The lowest BCUT2D eigenvalue weighted by molar-refractivity contribution is -0.132. The van der Waals surface area contributed by atoms with Crippen molar-refractivity contribution in [2.75, 3.05) is 5.75 Å². The van der Waals surface area contributed by atoms with Crippen molar-refractivity contribution in [2.24, 2.45) is 5.92 Å². The molecule has 3 amide bonds. The summed E-state index contributed by atoms with van der Waals surface area (Å²) in [5.74, 6) is 0.155. The highest BCUT2D eigenvalue weighted by Crippen LogP contribution is 2.48. The van der Waals surface area contributed by atoms with Gasteiger partial charge >= 0.3 is 0 Å². The van der Waals surface area contributed by atoms with Gasteiger partial charge in [0.15, 0.2) is 0 Å². The van der Waals surface area contributed by atoms with Gasteiger partial charge in [-0.3, -0.25) is 14.4 Å². The molecule has 2 aliphatic heterocycles. The molecule has 0 bridgehead atoms. The molecule has 7 heteroatoms. The molecular weight excluding hydrogens is 386 g/mol. The van der Waals surface area contributed by atoms with Gasteiger partial charge in [-0.05, 0) is 30.4 Å². The first-order valence-electron chi connectivity index (χ1n) is 10.6. The predicted octanol–water partition coefficient (Wildman–Crippen LogP) is 2.85. The van der Waals surface area contributed by atoms with E-state index in [1.807, 2.05) is 38.1 Å². The Hall–Kier alpha value is -2.02. The van der Waals surface area contributed by atoms with E-state index < -0.39 is 12.1 Å². The van der Waals surface area contributed by atoms with Crippen LogP contribution in [-0.4, -0.2) is 46.5 Å². The summed E-state index contributed by atoms with van der Waals surface area (Å²) >= 11 is 1.62. The summed E-state index contributed by atoms with van der Waals surface area (Å²) in [6.07, 6.45) is 5.09. The van der Waals surface area contributed by atoms with Crippen LogP contribution in [0.2, 0.25) is 0 Å². The minimum atomic E-state index is -0.572. The zero-order chi connectivity index (χ0) is 20.5. The summed E-state index contributed by atoms with van der Waals surface area (Å²) in [5.41, 5.74) is 1.66. The average Bonchev–Trinajstić information content (AvgIpc) is 3.45. The minimum absolute atomic E-state index is 0.0247. The van der Waals surface area contributed by atoms with E-state index in [9.17, 15) is 14.4 Å². The van der Waals surface area contributed by atoms with Gasteiger partial charge < -0.3 is 15.5 Å². The highest BCUT2D eigenvalue weighted by Gasteiger charge is 2.48. The maximum absolute atomic E-state index is 13.2. The van der Waals surface area contributed by atoms with E-state index in [1.54, 1.807) is 16.7 Å². The monoisotopic (exact) mass is 415 g/mol. The van der Waals surface area contributed by atoms with Crippen LogP contribution in [-0.2, 0) is 9.59 Å². The van der Waals surface area contributed by atoms with E-state index in [4.69, 9.17) is 0 Å². The smallest absolute Gasteiger partial charge is 0.256 e. The molecule has 3 aliphatic rings. The standard InChI is InChI=1S/C22H29N3O3S/c1-3-13(2)18(20(27)23-14-8-4-5-9-14)24-19(26)17-12-29-22-16-11-7-6-10-15(16)21(28)25(17)22/h6-7,10-11,13-14,17-18,22H,3-5,8-9,12H2,1-2H3,(H,23,27)(H,24,26)/t13-,17-,18-,22-/m0/s1. The van der Waals surface area contributed by atoms with Crippen molar-refractivity contribution >= 4 is 29.5 Å². The predicted molar refractivity (Wildman–Crippen MR) is 113 cm³/mol. The molecule has 6 nitrogen and oxygen atoms in total. The van der Waals surface area contributed by atoms with Gasteiger partial charge in [0.25, 0.3) is 5.91 Å². The van der Waals surface area contributed by atoms with E-state index in [0.29, 0.717) is 11.3 Å². The number of thioether (sulfide) groups is 1. The Kier molecular flexibility index (Phi) is 5.86. The molecule has 1 aromatic carbocycles. The second-order valence-electron chi connectivity index (χ2n) is 8.36. The first kappa shape index (κ1) is 20.3. The van der Waals surface area contributed by atoms with Crippen LogP contribution in [0.15, 0.2) is 24.3 Å². The van der Waals surface area contributed by atoms with E-state index >= 15 is 0 Å². The van der Waals surface area contributed by atoms with Crippen molar-refractivity contribution in [1.82, 2.24) is 15.5 Å². The number of hydrogen-bond acceptors (Lipinski definition) is 4. The van der Waals surface area contributed by atoms with Crippen LogP contribution in [0, 0.1) is 5.92 Å². The Bertz CT molecular complexity index is 808. The third-order valence-electron chi connectivity index (χ3n) is 6.49. The van der Waals surface area contributed by atoms with Crippen molar-refractivity contribution in [1.29, 1.82) is 0 Å². The second-order valence-corrected chi connectivity index (χ2v) is 9.48. The fraction of sp³-hybridized carbons (Fsp3) is 0.591. The summed E-state index contributed by atoms with van der Waals surface area (Å²) in [7, 11) is 0. The molecule has 1 saturated heterocycles. The van der Waals surface area contributed by atoms with Gasteiger partial charge in [-0.15, -0.1) is 11.8 Å². The van der Waals surface area contributed by atoms with Crippen molar-refractivity contribution in [2.45, 2.75) is 69.5 Å². The van der Waals surface area contributed by atoms with Gasteiger partial charge in [0, 0.05) is 17.4 Å². The molecule has 4 rings (SSSR count). The molecule has 0 spiro atoms. The van der Waals surface area contributed by atoms with Crippen molar-refractivity contribution < 1.29 is 14.4 Å². The highest BCUT2D eigenvalue weighted by molar-refractivity contribution is 7.99. The molecule has 29 heavy (non-hydrogen) atoms. The van der Waals surface area contributed by atoms with Gasteiger partial charge in [0.1, 0.15) is 17.5 Å². The molecule has 2 heterocycles. The summed E-state index contributed by atoms with van der Waals surface area (Å²) < 4.78 is 0. The van der Waals surface area contributed by atoms with Gasteiger partial charge in [-0.1, -0.05) is 51.3 Å². The number of carbonyl (C=O) groups excluding carboxylic acids is 3. The Labute approximate surface area is 176 Å². The second kappa shape index (κ2) is 8.38. The van der Waals surface area contributed by atoms with Gasteiger partial charge in [-0.25, -0.2) is 0 Å². The van der Waals surface area contributed by atoms with Crippen LogP contribution in [0.4, 0.5) is 0 Å². The molecule has 2 fully saturated rings. The average molecular weight is 416 g/mol. The minimum Gasteiger partial charge on any atom is -0.352 e. The van der Waals surface area contributed by atoms with E-state index in [2.05, 4.69) is 10.6 Å². The molecule has 4 atom stereocenters. The van der Waals surface area contributed by atoms with Crippen LogP contribution in [0.1, 0.15) is 67.2 Å². The normalized spacial score (nSPS) is 25.4. The van der Waals surface area contributed by atoms with Crippen LogP contribution in [0.25, 0.3) is 0 Å². The van der Waals surface area contributed by atoms with Gasteiger partial charge in [-0.2, -0.15) is 0 Å². The van der Waals surface area contributed by atoms with Crippen LogP contribution >= 0.6 is 11.8 Å². The third-order valence-corrected chi connectivity index (χ3v) is 7.79. The van der Waals surface area contributed by atoms with E-state index in [1.165, 1.54) is 0 Å². The molecule has 0 unspecified atom stereocenters. The molecule has 0 aromatic heterocycles. The number of benzene rings is 1. The largest absolute Gasteiger partial charge is 0.352 e. The number of nitrogens with one attached hydrogen (secondary N) is 2. The fourth-order valence-corrected chi connectivity index (χ4v) is 6.02. The molecule has 156 valence electrons. The number of nitrogens with zero attached hydrogens (tertiary/aromatic N) is 1. The molecule has 1 saturated carbocycles. The lowest BCUT2D eigenvalue weighted by Gasteiger charge is -2.28. The van der Waals surface area contributed by atoms with E-state index in [-0.39, 0.29) is 35.1 Å². The van der Waals surface area contributed by atoms with Crippen molar-refractivity contribution in [3.63, 3.8) is 0 Å². The SMILES string of the molecule is CC[C@H](C)[C@H](NC(=O)[C@@H]1CS[C@H]2c3ccccc3C(=O)N12)C(=O)NC1CCCC1. The topological polar surface area (TPSA) is 78.5 Å². The van der Waals surface area contributed by atoms with Gasteiger partial charge in [0.05, 0.1) is 0 Å². The Morgan fingerprint density at radius 2 is 1.97 bits per heavy atom. The Morgan fingerprint density at radius 3 is 2.69 bits per heavy atom. The lowest BCUT2D eigenvalue weighted by Crippen LogP contribution is -2.56. The summed E-state index contributed by atoms with van der Waals surface area (Å²) in [6, 6.07) is 6.66. The summed E-state index contributed by atoms with van der Waals surface area (Å²) in [4.78, 5) is 40.6. The third kappa shape index (κ3) is 3.77.